The van der Waals surface area contributed by atoms with Crippen LogP contribution >= 0.6 is 0 Å². The number of hydrogen-bond acceptors (Lipinski definition) is 4. The average Bonchev–Trinajstić information content (AvgIpc) is 2.88. The summed E-state index contributed by atoms with van der Waals surface area (Å²) in [5.74, 6) is 0.329. The molecule has 0 aliphatic carbocycles. The highest BCUT2D eigenvalue weighted by Gasteiger charge is 2.23. The number of hydrogen-bond donors (Lipinski definition) is 1. The number of carbonyl (C=O) groups is 1. The third-order valence-electron chi connectivity index (χ3n) is 3.45. The Bertz CT molecular complexity index is 669. The van der Waals surface area contributed by atoms with E-state index in [9.17, 15) is 13.2 Å². The molecule has 0 saturated carbocycles. The van der Waals surface area contributed by atoms with Crippen LogP contribution in [-0.4, -0.2) is 37.8 Å². The van der Waals surface area contributed by atoms with Crippen LogP contribution < -0.4 is 9.64 Å². The molecular weight excluding hydrogens is 306 g/mol. The van der Waals surface area contributed by atoms with Crippen LogP contribution in [0.1, 0.15) is 18.4 Å². The zero-order valence-electron chi connectivity index (χ0n) is 12.2. The molecule has 0 unspecified atom stereocenters. The molecule has 1 amide bonds. The smallest absolute Gasteiger partial charge is 0.264 e. The number of fused-ring (bicyclic) bond motifs is 1. The van der Waals surface area contributed by atoms with Crippen molar-refractivity contribution in [3.8, 4) is 5.75 Å². The minimum Gasteiger partial charge on any atom is -0.494 e. The normalized spacial score (nSPS) is 13.8. The maximum atomic E-state index is 11.7. The van der Waals surface area contributed by atoms with Gasteiger partial charge in [0.1, 0.15) is 5.75 Å². The number of carbonyl (C=O) groups excluding carboxylic acids is 1. The van der Waals surface area contributed by atoms with E-state index in [1.54, 1.807) is 11.0 Å². The van der Waals surface area contributed by atoms with Crippen molar-refractivity contribution in [2.75, 3.05) is 23.8 Å². The van der Waals surface area contributed by atoms with Crippen molar-refractivity contribution in [2.24, 2.45) is 0 Å². The van der Waals surface area contributed by atoms with Crippen LogP contribution in [0.3, 0.4) is 0 Å². The molecule has 0 radical (unpaired) electrons. The van der Waals surface area contributed by atoms with Gasteiger partial charge in [-0.2, -0.15) is 8.42 Å². The van der Waals surface area contributed by atoms with Gasteiger partial charge in [-0.25, -0.2) is 0 Å². The largest absolute Gasteiger partial charge is 0.494 e. The second kappa shape index (κ2) is 6.93. The van der Waals surface area contributed by atoms with E-state index in [-0.39, 0.29) is 11.7 Å². The van der Waals surface area contributed by atoms with Gasteiger partial charge in [0.05, 0.1) is 12.4 Å². The third-order valence-corrected chi connectivity index (χ3v) is 4.26. The first kappa shape index (κ1) is 16.5. The second-order valence-electron chi connectivity index (χ2n) is 5.08. The second-order valence-corrected chi connectivity index (χ2v) is 6.65. The van der Waals surface area contributed by atoms with Crippen molar-refractivity contribution in [1.82, 2.24) is 0 Å². The molecule has 0 spiro atoms. The van der Waals surface area contributed by atoms with E-state index >= 15 is 0 Å². The lowest BCUT2D eigenvalue weighted by atomic mass is 10.1. The van der Waals surface area contributed by atoms with Crippen molar-refractivity contribution in [1.29, 1.82) is 0 Å². The maximum absolute atomic E-state index is 11.7. The van der Waals surface area contributed by atoms with E-state index in [4.69, 9.17) is 9.29 Å². The van der Waals surface area contributed by atoms with Crippen LogP contribution in [0.5, 0.6) is 5.75 Å². The van der Waals surface area contributed by atoms with Crippen molar-refractivity contribution in [3.63, 3.8) is 0 Å². The number of amides is 1. The molecule has 22 heavy (non-hydrogen) atoms. The van der Waals surface area contributed by atoms with Crippen LogP contribution in [-0.2, 0) is 21.3 Å². The summed E-state index contributed by atoms with van der Waals surface area (Å²) in [6.45, 7) is 4.51. The SMILES string of the molecule is C=CC(=O)N1CCc2cc(OCCCCS(=O)(=O)O)ccc21. The van der Waals surface area contributed by atoms with Crippen LogP contribution in [0.4, 0.5) is 5.69 Å². The lowest BCUT2D eigenvalue weighted by molar-refractivity contribution is -0.114. The maximum Gasteiger partial charge on any atom is 0.264 e. The summed E-state index contributed by atoms with van der Waals surface area (Å²) >= 11 is 0. The summed E-state index contributed by atoms with van der Waals surface area (Å²) in [4.78, 5) is 13.4. The van der Waals surface area contributed by atoms with Crippen molar-refractivity contribution in [3.05, 3.63) is 36.4 Å². The molecule has 2 rings (SSSR count). The molecule has 7 heteroatoms. The molecule has 0 aromatic heterocycles. The van der Waals surface area contributed by atoms with E-state index < -0.39 is 10.1 Å². The van der Waals surface area contributed by atoms with Crippen molar-refractivity contribution >= 4 is 21.7 Å². The molecule has 1 aromatic carbocycles. The highest BCUT2D eigenvalue weighted by Crippen LogP contribution is 2.31. The lowest BCUT2D eigenvalue weighted by Crippen LogP contribution is -2.26. The topological polar surface area (TPSA) is 83.9 Å². The van der Waals surface area contributed by atoms with Gasteiger partial charge in [0.2, 0.25) is 5.91 Å². The summed E-state index contributed by atoms with van der Waals surface area (Å²) in [6, 6.07) is 5.53. The van der Waals surface area contributed by atoms with E-state index in [0.29, 0.717) is 31.7 Å². The summed E-state index contributed by atoms with van der Waals surface area (Å²) in [5, 5.41) is 0. The highest BCUT2D eigenvalue weighted by atomic mass is 32.2. The van der Waals surface area contributed by atoms with E-state index in [2.05, 4.69) is 6.58 Å². The van der Waals surface area contributed by atoms with E-state index in [1.165, 1.54) is 6.08 Å². The molecule has 0 saturated heterocycles. The van der Waals surface area contributed by atoms with Gasteiger partial charge in [0, 0.05) is 12.2 Å². The first-order valence-electron chi connectivity index (χ1n) is 7.05. The first-order chi connectivity index (χ1) is 10.4. The quantitative estimate of drug-likeness (QED) is 0.469. The van der Waals surface area contributed by atoms with Crippen molar-refractivity contribution < 1.29 is 22.5 Å². The number of unbranched alkanes of at least 4 members (excludes halogenated alkanes) is 1. The molecular formula is C15H19NO5S. The van der Waals surface area contributed by atoms with Gasteiger partial charge in [-0.1, -0.05) is 6.58 Å². The zero-order chi connectivity index (χ0) is 16.2. The Labute approximate surface area is 130 Å². The van der Waals surface area contributed by atoms with E-state index in [1.807, 2.05) is 12.1 Å². The first-order valence-corrected chi connectivity index (χ1v) is 8.66. The Morgan fingerprint density at radius 2 is 2.18 bits per heavy atom. The van der Waals surface area contributed by atoms with Gasteiger partial charge in [0.15, 0.2) is 0 Å². The van der Waals surface area contributed by atoms with Crippen LogP contribution in [0, 0.1) is 0 Å². The Morgan fingerprint density at radius 1 is 1.41 bits per heavy atom. The van der Waals surface area contributed by atoms with Crippen LogP contribution in [0.2, 0.25) is 0 Å². The molecule has 0 atom stereocenters. The lowest BCUT2D eigenvalue weighted by Gasteiger charge is -2.15. The van der Waals surface area contributed by atoms with E-state index in [0.717, 1.165) is 17.7 Å². The number of ether oxygens (including phenoxy) is 1. The fourth-order valence-corrected chi connectivity index (χ4v) is 2.95. The summed E-state index contributed by atoms with van der Waals surface area (Å²) in [6.07, 6.45) is 2.97. The zero-order valence-corrected chi connectivity index (χ0v) is 13.0. The van der Waals surface area contributed by atoms with Gasteiger partial charge in [-0.05, 0) is 49.1 Å². The fraction of sp³-hybridized carbons (Fsp3) is 0.400. The Hall–Kier alpha value is -1.86. The third kappa shape index (κ3) is 4.32. The minimum atomic E-state index is -3.90. The molecule has 1 aliphatic rings. The molecule has 1 aromatic rings. The molecule has 0 fully saturated rings. The fourth-order valence-electron chi connectivity index (χ4n) is 2.38. The van der Waals surface area contributed by atoms with Gasteiger partial charge < -0.3 is 9.64 Å². The highest BCUT2D eigenvalue weighted by molar-refractivity contribution is 7.85. The molecule has 0 bridgehead atoms. The molecule has 6 nitrogen and oxygen atoms in total. The Morgan fingerprint density at radius 3 is 2.86 bits per heavy atom. The molecule has 120 valence electrons. The summed E-state index contributed by atoms with van der Waals surface area (Å²) in [7, 11) is -3.90. The number of anilines is 1. The molecule has 1 N–H and O–H groups in total. The number of rotatable bonds is 7. The average molecular weight is 325 g/mol. The Balaban J connectivity index is 1.88. The molecule has 1 aliphatic heterocycles. The standard InChI is InChI=1S/C15H19NO5S/c1-2-15(17)16-8-7-12-11-13(5-6-14(12)16)21-9-3-4-10-22(18,19)20/h2,5-6,11H,1,3-4,7-10H2,(H,18,19,20). The predicted octanol–water partition coefficient (Wildman–Crippen LogP) is 1.81. The predicted molar refractivity (Wildman–Crippen MR) is 83.8 cm³/mol. The van der Waals surface area contributed by atoms with Gasteiger partial charge in [-0.3, -0.25) is 9.35 Å². The summed E-state index contributed by atoms with van der Waals surface area (Å²) in [5.41, 5.74) is 1.93. The Kier molecular flexibility index (Phi) is 5.20. The van der Waals surface area contributed by atoms with Crippen LogP contribution in [0.15, 0.2) is 30.9 Å². The summed E-state index contributed by atoms with van der Waals surface area (Å²) < 4.78 is 35.3. The van der Waals surface area contributed by atoms with Gasteiger partial charge in [-0.15, -0.1) is 0 Å². The van der Waals surface area contributed by atoms with Gasteiger partial charge >= 0.3 is 0 Å². The minimum absolute atomic E-state index is 0.113. The number of nitrogens with zero attached hydrogens (tertiary/aromatic N) is 1. The molecule has 1 heterocycles. The van der Waals surface area contributed by atoms with Crippen LogP contribution in [0.25, 0.3) is 0 Å². The van der Waals surface area contributed by atoms with Crippen molar-refractivity contribution in [2.45, 2.75) is 19.3 Å². The van der Waals surface area contributed by atoms with Gasteiger partial charge in [0.25, 0.3) is 10.1 Å². The number of benzene rings is 1. The monoisotopic (exact) mass is 325 g/mol.